The number of rotatable bonds is 8. The summed E-state index contributed by atoms with van der Waals surface area (Å²) in [4.78, 5) is 11.9. The molecule has 1 aromatic rings. The van der Waals surface area contributed by atoms with E-state index in [9.17, 15) is 4.79 Å². The Balaban J connectivity index is 2.33. The molecular formula is C16H26N2O. The highest BCUT2D eigenvalue weighted by Crippen LogP contribution is 2.06. The fourth-order valence-corrected chi connectivity index (χ4v) is 2.08. The van der Waals surface area contributed by atoms with Crippen LogP contribution < -0.4 is 11.1 Å². The minimum atomic E-state index is 0.101. The van der Waals surface area contributed by atoms with Crippen molar-refractivity contribution in [1.82, 2.24) is 5.32 Å². The molecular weight excluding hydrogens is 236 g/mol. The van der Waals surface area contributed by atoms with Gasteiger partial charge in [-0.25, -0.2) is 0 Å². The Labute approximate surface area is 116 Å². The van der Waals surface area contributed by atoms with Crippen molar-refractivity contribution in [2.24, 2.45) is 5.73 Å². The van der Waals surface area contributed by atoms with Gasteiger partial charge in [0.1, 0.15) is 0 Å². The molecule has 0 aliphatic heterocycles. The molecule has 0 radical (unpaired) electrons. The second kappa shape index (κ2) is 8.70. The number of hydrogen-bond donors (Lipinski definition) is 2. The lowest BCUT2D eigenvalue weighted by atomic mass is 10.1. The third-order valence-corrected chi connectivity index (χ3v) is 3.27. The van der Waals surface area contributed by atoms with Crippen LogP contribution in [0.4, 0.5) is 0 Å². The molecule has 1 atom stereocenters. The number of carbonyl (C=O) groups is 1. The van der Waals surface area contributed by atoms with Crippen LogP contribution in [0, 0.1) is 0 Å². The topological polar surface area (TPSA) is 55.1 Å². The van der Waals surface area contributed by atoms with Gasteiger partial charge < -0.3 is 11.1 Å². The second-order valence-electron chi connectivity index (χ2n) is 5.16. The van der Waals surface area contributed by atoms with Crippen molar-refractivity contribution in [1.29, 1.82) is 0 Å². The normalized spacial score (nSPS) is 12.2. The standard InChI is InChI=1S/C16H26N2O/c1-3-4-5-6-13(2)18-16(19)11-14-7-9-15(12-17)10-8-14/h7-10,13H,3-6,11-12,17H2,1-2H3,(H,18,19). The van der Waals surface area contributed by atoms with Crippen molar-refractivity contribution in [3.63, 3.8) is 0 Å². The molecule has 3 nitrogen and oxygen atoms in total. The lowest BCUT2D eigenvalue weighted by Crippen LogP contribution is -2.33. The van der Waals surface area contributed by atoms with Crippen molar-refractivity contribution < 1.29 is 4.79 Å². The monoisotopic (exact) mass is 262 g/mol. The third kappa shape index (κ3) is 6.39. The summed E-state index contributed by atoms with van der Waals surface area (Å²) in [6, 6.07) is 8.18. The second-order valence-corrected chi connectivity index (χ2v) is 5.16. The quantitative estimate of drug-likeness (QED) is 0.708. The van der Waals surface area contributed by atoms with Crippen LogP contribution >= 0.6 is 0 Å². The summed E-state index contributed by atoms with van der Waals surface area (Å²) < 4.78 is 0. The number of unbranched alkanes of at least 4 members (excludes halogenated alkanes) is 2. The largest absolute Gasteiger partial charge is 0.353 e. The predicted molar refractivity (Wildman–Crippen MR) is 79.8 cm³/mol. The van der Waals surface area contributed by atoms with Gasteiger partial charge in [0.2, 0.25) is 5.91 Å². The predicted octanol–water partition coefficient (Wildman–Crippen LogP) is 2.77. The van der Waals surface area contributed by atoms with Gasteiger partial charge in [0.15, 0.2) is 0 Å². The molecule has 3 heteroatoms. The molecule has 0 aromatic heterocycles. The van der Waals surface area contributed by atoms with Gasteiger partial charge in [0.05, 0.1) is 6.42 Å². The maximum absolute atomic E-state index is 11.9. The highest BCUT2D eigenvalue weighted by Gasteiger charge is 2.07. The van der Waals surface area contributed by atoms with Gasteiger partial charge in [0.25, 0.3) is 0 Å². The zero-order chi connectivity index (χ0) is 14.1. The summed E-state index contributed by atoms with van der Waals surface area (Å²) in [5.41, 5.74) is 7.68. The van der Waals surface area contributed by atoms with Gasteiger partial charge in [-0.2, -0.15) is 0 Å². The van der Waals surface area contributed by atoms with Gasteiger partial charge in [-0.1, -0.05) is 50.5 Å². The maximum atomic E-state index is 11.9. The number of amides is 1. The molecule has 1 unspecified atom stereocenters. The fraction of sp³-hybridized carbons (Fsp3) is 0.562. The van der Waals surface area contributed by atoms with E-state index in [1.165, 1.54) is 19.3 Å². The molecule has 106 valence electrons. The van der Waals surface area contributed by atoms with Crippen molar-refractivity contribution in [2.75, 3.05) is 0 Å². The Morgan fingerprint density at radius 2 is 1.84 bits per heavy atom. The van der Waals surface area contributed by atoms with Crippen LogP contribution in [0.5, 0.6) is 0 Å². The first-order chi connectivity index (χ1) is 9.15. The van der Waals surface area contributed by atoms with Gasteiger partial charge in [0, 0.05) is 12.6 Å². The molecule has 0 saturated carbocycles. The first-order valence-corrected chi connectivity index (χ1v) is 7.23. The van der Waals surface area contributed by atoms with E-state index in [4.69, 9.17) is 5.73 Å². The van der Waals surface area contributed by atoms with E-state index < -0.39 is 0 Å². The molecule has 0 heterocycles. The van der Waals surface area contributed by atoms with Crippen molar-refractivity contribution in [3.8, 4) is 0 Å². The van der Waals surface area contributed by atoms with E-state index in [-0.39, 0.29) is 11.9 Å². The fourth-order valence-electron chi connectivity index (χ4n) is 2.08. The number of nitrogens with two attached hydrogens (primary N) is 1. The van der Waals surface area contributed by atoms with Crippen LogP contribution in [-0.2, 0) is 17.8 Å². The molecule has 1 amide bonds. The first-order valence-electron chi connectivity index (χ1n) is 7.23. The average molecular weight is 262 g/mol. The van der Waals surface area contributed by atoms with Crippen LogP contribution in [0.1, 0.15) is 50.7 Å². The van der Waals surface area contributed by atoms with Crippen LogP contribution in [0.15, 0.2) is 24.3 Å². The SMILES string of the molecule is CCCCCC(C)NC(=O)Cc1ccc(CN)cc1. The first kappa shape index (κ1) is 15.7. The van der Waals surface area contributed by atoms with Crippen LogP contribution in [0.3, 0.4) is 0 Å². The molecule has 0 aliphatic rings. The van der Waals surface area contributed by atoms with Gasteiger partial charge in [-0.05, 0) is 24.5 Å². The molecule has 0 bridgehead atoms. The van der Waals surface area contributed by atoms with E-state index in [1.54, 1.807) is 0 Å². The average Bonchev–Trinajstić information content (AvgIpc) is 2.39. The lowest BCUT2D eigenvalue weighted by Gasteiger charge is -2.13. The minimum Gasteiger partial charge on any atom is -0.353 e. The summed E-state index contributed by atoms with van der Waals surface area (Å²) in [5.74, 6) is 0.101. The molecule has 1 rings (SSSR count). The Morgan fingerprint density at radius 3 is 2.42 bits per heavy atom. The summed E-state index contributed by atoms with van der Waals surface area (Å²) in [6.45, 7) is 4.81. The summed E-state index contributed by atoms with van der Waals surface area (Å²) in [7, 11) is 0. The zero-order valence-electron chi connectivity index (χ0n) is 12.1. The maximum Gasteiger partial charge on any atom is 0.224 e. The summed E-state index contributed by atoms with van der Waals surface area (Å²) >= 11 is 0. The highest BCUT2D eigenvalue weighted by atomic mass is 16.1. The van der Waals surface area contributed by atoms with Crippen LogP contribution in [0.2, 0.25) is 0 Å². The lowest BCUT2D eigenvalue weighted by molar-refractivity contribution is -0.121. The van der Waals surface area contributed by atoms with Gasteiger partial charge >= 0.3 is 0 Å². The van der Waals surface area contributed by atoms with Gasteiger partial charge in [-0.3, -0.25) is 4.79 Å². The Morgan fingerprint density at radius 1 is 1.21 bits per heavy atom. The number of nitrogens with one attached hydrogen (secondary N) is 1. The molecule has 0 aliphatic carbocycles. The summed E-state index contributed by atoms with van der Waals surface area (Å²) in [5, 5.41) is 3.05. The van der Waals surface area contributed by atoms with E-state index in [0.717, 1.165) is 17.5 Å². The smallest absolute Gasteiger partial charge is 0.224 e. The Kier molecular flexibility index (Phi) is 7.19. The summed E-state index contributed by atoms with van der Waals surface area (Å²) in [6.07, 6.45) is 5.15. The van der Waals surface area contributed by atoms with Crippen LogP contribution in [0.25, 0.3) is 0 Å². The van der Waals surface area contributed by atoms with Crippen molar-refractivity contribution >= 4 is 5.91 Å². The van der Waals surface area contributed by atoms with E-state index in [2.05, 4.69) is 19.2 Å². The molecule has 0 fully saturated rings. The Hall–Kier alpha value is -1.35. The molecule has 19 heavy (non-hydrogen) atoms. The number of carbonyl (C=O) groups excluding carboxylic acids is 1. The third-order valence-electron chi connectivity index (χ3n) is 3.27. The Bertz CT molecular complexity index is 373. The molecule has 0 saturated heterocycles. The van der Waals surface area contributed by atoms with Crippen molar-refractivity contribution in [3.05, 3.63) is 35.4 Å². The zero-order valence-corrected chi connectivity index (χ0v) is 12.1. The number of benzene rings is 1. The van der Waals surface area contributed by atoms with Crippen molar-refractivity contribution in [2.45, 2.75) is 58.5 Å². The number of hydrogen-bond acceptors (Lipinski definition) is 2. The van der Waals surface area contributed by atoms with E-state index in [0.29, 0.717) is 13.0 Å². The van der Waals surface area contributed by atoms with E-state index in [1.807, 2.05) is 24.3 Å². The molecule has 3 N–H and O–H groups in total. The molecule has 1 aromatic carbocycles. The molecule has 0 spiro atoms. The van der Waals surface area contributed by atoms with Crippen LogP contribution in [-0.4, -0.2) is 11.9 Å². The minimum absolute atomic E-state index is 0.101. The highest BCUT2D eigenvalue weighted by molar-refractivity contribution is 5.78. The van der Waals surface area contributed by atoms with Gasteiger partial charge in [-0.15, -0.1) is 0 Å². The van der Waals surface area contributed by atoms with E-state index >= 15 is 0 Å².